The Kier molecular flexibility index (Phi) is 14.9. The van der Waals surface area contributed by atoms with Crippen molar-refractivity contribution in [2.24, 2.45) is 0 Å². The average molecular weight is 480 g/mol. The Morgan fingerprint density at radius 2 is 1.29 bits per heavy atom. The summed E-state index contributed by atoms with van der Waals surface area (Å²) in [6.07, 6.45) is 11.1. The lowest BCUT2D eigenvalue weighted by Gasteiger charge is -2.39. The minimum absolute atomic E-state index is 0.192. The van der Waals surface area contributed by atoms with E-state index in [1.165, 1.54) is 82.0 Å². The second kappa shape index (κ2) is 15.6. The minimum atomic E-state index is -4.44. The lowest BCUT2D eigenvalue weighted by Crippen LogP contribution is -2.50. The zero-order chi connectivity index (χ0) is 23.9. The molecule has 0 fully saturated rings. The third kappa shape index (κ3) is 11.8. The predicted octanol–water partition coefficient (Wildman–Crippen LogP) is 6.50. The van der Waals surface area contributed by atoms with E-state index in [2.05, 4.69) is 27.7 Å². The molecule has 1 N–H and O–H groups in total. The standard InChI is InChI=1S/C16H36N.C6H4ClNO5S/c1-5-9-13-17(14-10-6-2,15-11-7-3)16-12-8-4;7-5-2-1-4(14(11,12)13)3-6(5)8(9)10/h5-16H2,1-4H3;1-3H,(H,11,12,13)/q+1;. The van der Waals surface area contributed by atoms with Gasteiger partial charge in [0.15, 0.2) is 0 Å². The second-order valence-electron chi connectivity index (χ2n) is 8.00. The first kappa shape index (κ1) is 29.8. The molecule has 0 aliphatic rings. The van der Waals surface area contributed by atoms with Gasteiger partial charge in [-0.3, -0.25) is 14.7 Å². The minimum Gasteiger partial charge on any atom is -0.324 e. The normalized spacial score (nSPS) is 11.7. The summed E-state index contributed by atoms with van der Waals surface area (Å²) in [6.45, 7) is 15.0. The van der Waals surface area contributed by atoms with Crippen LogP contribution in [0.4, 0.5) is 5.69 Å². The third-order valence-corrected chi connectivity index (χ3v) is 6.53. The molecular formula is C22H40ClN2O5S+. The first-order valence-electron chi connectivity index (χ1n) is 11.3. The number of halogens is 1. The van der Waals surface area contributed by atoms with E-state index < -0.39 is 25.6 Å². The van der Waals surface area contributed by atoms with Crippen molar-refractivity contribution in [2.75, 3.05) is 26.2 Å². The first-order chi connectivity index (χ1) is 14.6. The highest BCUT2D eigenvalue weighted by Crippen LogP contribution is 2.26. The van der Waals surface area contributed by atoms with Gasteiger partial charge in [-0.1, -0.05) is 65.0 Å². The molecule has 0 aromatic heterocycles. The molecule has 0 aliphatic carbocycles. The van der Waals surface area contributed by atoms with Crippen LogP contribution in [0.2, 0.25) is 5.02 Å². The molecule has 0 atom stereocenters. The smallest absolute Gasteiger partial charge is 0.294 e. The van der Waals surface area contributed by atoms with Gasteiger partial charge in [-0.2, -0.15) is 8.42 Å². The molecule has 7 nitrogen and oxygen atoms in total. The van der Waals surface area contributed by atoms with Crippen LogP contribution in [0.15, 0.2) is 23.1 Å². The van der Waals surface area contributed by atoms with Gasteiger partial charge in [-0.05, 0) is 37.8 Å². The van der Waals surface area contributed by atoms with Crippen LogP contribution in [0.25, 0.3) is 0 Å². The molecule has 1 aromatic carbocycles. The predicted molar refractivity (Wildman–Crippen MR) is 127 cm³/mol. The fourth-order valence-corrected chi connectivity index (χ4v) is 4.12. The van der Waals surface area contributed by atoms with Gasteiger partial charge in [0.25, 0.3) is 15.8 Å². The van der Waals surface area contributed by atoms with Crippen molar-refractivity contribution in [3.8, 4) is 0 Å². The van der Waals surface area contributed by atoms with Crippen molar-refractivity contribution in [3.63, 3.8) is 0 Å². The lowest BCUT2D eigenvalue weighted by atomic mass is 10.1. The first-order valence-corrected chi connectivity index (χ1v) is 13.1. The van der Waals surface area contributed by atoms with Gasteiger partial charge >= 0.3 is 0 Å². The Bertz CT molecular complexity index is 719. The summed E-state index contributed by atoms with van der Waals surface area (Å²) in [7, 11) is -4.44. The van der Waals surface area contributed by atoms with Crippen LogP contribution < -0.4 is 0 Å². The molecule has 0 saturated carbocycles. The Labute approximate surface area is 193 Å². The number of hydrogen-bond acceptors (Lipinski definition) is 4. The summed E-state index contributed by atoms with van der Waals surface area (Å²) < 4.78 is 31.2. The van der Waals surface area contributed by atoms with E-state index in [1.54, 1.807) is 0 Å². The lowest BCUT2D eigenvalue weighted by molar-refractivity contribution is -0.929. The van der Waals surface area contributed by atoms with Crippen LogP contribution >= 0.6 is 11.6 Å². The molecule has 0 amide bonds. The van der Waals surface area contributed by atoms with Crippen LogP contribution in [-0.2, 0) is 10.1 Å². The summed E-state index contributed by atoms with van der Waals surface area (Å²) in [4.78, 5) is 8.95. The molecule has 31 heavy (non-hydrogen) atoms. The van der Waals surface area contributed by atoms with E-state index in [9.17, 15) is 18.5 Å². The maximum absolute atomic E-state index is 10.6. The van der Waals surface area contributed by atoms with Crippen molar-refractivity contribution < 1.29 is 22.4 Å². The Morgan fingerprint density at radius 3 is 1.58 bits per heavy atom. The van der Waals surface area contributed by atoms with Crippen LogP contribution in [-0.4, -0.2) is 48.6 Å². The van der Waals surface area contributed by atoms with E-state index >= 15 is 0 Å². The molecule has 0 unspecified atom stereocenters. The number of nitrogens with zero attached hydrogens (tertiary/aromatic N) is 2. The van der Waals surface area contributed by atoms with Crippen molar-refractivity contribution >= 4 is 27.4 Å². The van der Waals surface area contributed by atoms with Crippen molar-refractivity contribution in [3.05, 3.63) is 33.3 Å². The number of nitro benzene ring substituents is 1. The second-order valence-corrected chi connectivity index (χ2v) is 9.82. The van der Waals surface area contributed by atoms with Gasteiger partial charge in [-0.15, -0.1) is 0 Å². The van der Waals surface area contributed by atoms with Crippen LogP contribution in [0.3, 0.4) is 0 Å². The Morgan fingerprint density at radius 1 is 0.903 bits per heavy atom. The van der Waals surface area contributed by atoms with Crippen molar-refractivity contribution in [1.29, 1.82) is 0 Å². The Hall–Kier alpha value is -1.22. The monoisotopic (exact) mass is 479 g/mol. The molecule has 1 rings (SSSR count). The molecule has 0 spiro atoms. The SMILES string of the molecule is CCCC[N+](CCCC)(CCCC)CCCC.O=[N+]([O-])c1cc(S(=O)(=O)O)ccc1Cl. The van der Waals surface area contributed by atoms with Gasteiger partial charge in [0.1, 0.15) is 9.92 Å². The number of unbranched alkanes of at least 4 members (excludes halogenated alkanes) is 4. The molecule has 0 radical (unpaired) electrons. The van der Waals surface area contributed by atoms with Crippen molar-refractivity contribution in [1.82, 2.24) is 0 Å². The van der Waals surface area contributed by atoms with Crippen LogP contribution in [0, 0.1) is 10.1 Å². The average Bonchev–Trinajstić information content (AvgIpc) is 2.72. The van der Waals surface area contributed by atoms with E-state index in [0.29, 0.717) is 6.07 Å². The highest BCUT2D eigenvalue weighted by Gasteiger charge is 2.24. The summed E-state index contributed by atoms with van der Waals surface area (Å²) in [5, 5.41) is 10.2. The zero-order valence-corrected chi connectivity index (χ0v) is 21.1. The maximum Gasteiger partial charge on any atom is 0.294 e. The van der Waals surface area contributed by atoms with E-state index in [1.807, 2.05) is 0 Å². The molecule has 9 heteroatoms. The van der Waals surface area contributed by atoms with Crippen LogP contribution in [0.5, 0.6) is 0 Å². The molecule has 0 aliphatic heterocycles. The van der Waals surface area contributed by atoms with Crippen molar-refractivity contribution in [2.45, 2.75) is 84.0 Å². The molecular weight excluding hydrogens is 440 g/mol. The zero-order valence-electron chi connectivity index (χ0n) is 19.5. The third-order valence-electron chi connectivity index (χ3n) is 5.36. The van der Waals surface area contributed by atoms with Gasteiger partial charge in [0.05, 0.1) is 31.1 Å². The highest BCUT2D eigenvalue weighted by atomic mass is 35.5. The topological polar surface area (TPSA) is 97.5 Å². The van der Waals surface area contributed by atoms with E-state index in [4.69, 9.17) is 16.2 Å². The number of nitro groups is 1. The maximum atomic E-state index is 10.6. The molecule has 0 bridgehead atoms. The number of benzene rings is 1. The fraction of sp³-hybridized carbons (Fsp3) is 0.727. The fourth-order valence-electron chi connectivity index (χ4n) is 3.44. The van der Waals surface area contributed by atoms with E-state index in [0.717, 1.165) is 12.1 Å². The highest BCUT2D eigenvalue weighted by molar-refractivity contribution is 7.85. The quantitative estimate of drug-likeness (QED) is 0.142. The molecule has 0 heterocycles. The summed E-state index contributed by atoms with van der Waals surface area (Å²) in [5.41, 5.74) is -0.568. The van der Waals surface area contributed by atoms with Gasteiger partial charge in [0.2, 0.25) is 0 Å². The molecule has 1 aromatic rings. The largest absolute Gasteiger partial charge is 0.324 e. The summed E-state index contributed by atoms with van der Waals surface area (Å²) in [6, 6.07) is 2.70. The number of rotatable bonds is 14. The molecule has 180 valence electrons. The number of hydrogen-bond donors (Lipinski definition) is 1. The summed E-state index contributed by atoms with van der Waals surface area (Å²) in [5.74, 6) is 0. The van der Waals surface area contributed by atoms with Crippen LogP contribution in [0.1, 0.15) is 79.1 Å². The van der Waals surface area contributed by atoms with Gasteiger partial charge in [0, 0.05) is 6.07 Å². The van der Waals surface area contributed by atoms with E-state index in [-0.39, 0.29) is 5.02 Å². The molecule has 0 saturated heterocycles. The number of quaternary nitrogens is 1. The van der Waals surface area contributed by atoms with Gasteiger partial charge < -0.3 is 4.48 Å². The summed E-state index contributed by atoms with van der Waals surface area (Å²) >= 11 is 5.42. The Balaban J connectivity index is 0.000000590. The van der Waals surface area contributed by atoms with Gasteiger partial charge in [-0.25, -0.2) is 0 Å².